The molecule has 1 saturated carbocycles. The van der Waals surface area contributed by atoms with Gasteiger partial charge in [0.25, 0.3) is 0 Å². The van der Waals surface area contributed by atoms with Gasteiger partial charge in [0.05, 0.1) is 0 Å². The summed E-state index contributed by atoms with van der Waals surface area (Å²) in [6, 6.07) is 6.14. The van der Waals surface area contributed by atoms with E-state index in [1.165, 1.54) is 0 Å². The molecule has 0 bridgehead atoms. The first kappa shape index (κ1) is 15.9. The van der Waals surface area contributed by atoms with E-state index in [9.17, 15) is 13.2 Å². The van der Waals surface area contributed by atoms with Gasteiger partial charge in [0.2, 0.25) is 5.95 Å². The SMILES string of the molecule is Cc1cc(Nc2cc(C(F)(F)F)nc(NC3CC3)n2)ccc1Cl. The Kier molecular flexibility index (Phi) is 4.06. The molecule has 0 spiro atoms. The number of aromatic nitrogens is 2. The van der Waals surface area contributed by atoms with Crippen LogP contribution < -0.4 is 10.6 Å². The van der Waals surface area contributed by atoms with E-state index in [0.717, 1.165) is 24.5 Å². The maximum Gasteiger partial charge on any atom is 0.433 e. The fraction of sp³-hybridized carbons (Fsp3) is 0.333. The monoisotopic (exact) mass is 342 g/mol. The van der Waals surface area contributed by atoms with Gasteiger partial charge in [0.15, 0.2) is 5.69 Å². The third kappa shape index (κ3) is 4.04. The van der Waals surface area contributed by atoms with E-state index >= 15 is 0 Å². The number of aryl methyl sites for hydroxylation is 1. The molecule has 0 aliphatic heterocycles. The van der Waals surface area contributed by atoms with Crippen LogP contribution in [-0.4, -0.2) is 16.0 Å². The van der Waals surface area contributed by atoms with Gasteiger partial charge in [0.1, 0.15) is 5.82 Å². The van der Waals surface area contributed by atoms with E-state index in [1.54, 1.807) is 18.2 Å². The summed E-state index contributed by atoms with van der Waals surface area (Å²) in [5.41, 5.74) is 0.443. The quantitative estimate of drug-likeness (QED) is 0.840. The number of hydrogen-bond acceptors (Lipinski definition) is 4. The van der Waals surface area contributed by atoms with Gasteiger partial charge in [-0.2, -0.15) is 18.2 Å². The summed E-state index contributed by atoms with van der Waals surface area (Å²) in [6.45, 7) is 1.81. The van der Waals surface area contributed by atoms with Crippen molar-refractivity contribution in [2.24, 2.45) is 0 Å². The summed E-state index contributed by atoms with van der Waals surface area (Å²) in [7, 11) is 0. The minimum Gasteiger partial charge on any atom is -0.351 e. The molecule has 3 rings (SSSR count). The van der Waals surface area contributed by atoms with Crippen LogP contribution in [0.2, 0.25) is 5.02 Å². The molecule has 1 aromatic carbocycles. The topological polar surface area (TPSA) is 49.8 Å². The molecule has 1 aliphatic rings. The standard InChI is InChI=1S/C15H14ClF3N4/c1-8-6-10(4-5-11(8)16)20-13-7-12(15(17,18)19)22-14(23-13)21-9-2-3-9/h4-7,9H,2-3H2,1H3,(H2,20,21,22,23). The van der Waals surface area contributed by atoms with E-state index in [2.05, 4.69) is 20.6 Å². The van der Waals surface area contributed by atoms with Crippen LogP contribution in [-0.2, 0) is 6.18 Å². The highest BCUT2D eigenvalue weighted by atomic mass is 35.5. The Morgan fingerprint density at radius 2 is 1.91 bits per heavy atom. The van der Waals surface area contributed by atoms with Crippen molar-refractivity contribution in [1.82, 2.24) is 9.97 Å². The van der Waals surface area contributed by atoms with Crippen molar-refractivity contribution in [3.05, 3.63) is 40.5 Å². The number of alkyl halides is 3. The van der Waals surface area contributed by atoms with E-state index in [1.807, 2.05) is 6.92 Å². The second-order valence-corrected chi connectivity index (χ2v) is 5.87. The summed E-state index contributed by atoms with van der Waals surface area (Å²) in [6.07, 6.45) is -2.70. The van der Waals surface area contributed by atoms with Crippen molar-refractivity contribution in [3.63, 3.8) is 0 Å². The summed E-state index contributed by atoms with van der Waals surface area (Å²) in [4.78, 5) is 7.66. The van der Waals surface area contributed by atoms with Crippen LogP contribution in [0.5, 0.6) is 0 Å². The largest absolute Gasteiger partial charge is 0.433 e. The van der Waals surface area contributed by atoms with E-state index in [4.69, 9.17) is 11.6 Å². The maximum atomic E-state index is 13.0. The predicted octanol–water partition coefficient (Wildman–Crippen LogP) is 4.78. The molecule has 0 saturated heterocycles. The highest BCUT2D eigenvalue weighted by Crippen LogP contribution is 2.32. The van der Waals surface area contributed by atoms with Gasteiger partial charge in [-0.15, -0.1) is 0 Å². The summed E-state index contributed by atoms with van der Waals surface area (Å²) in [5, 5.41) is 6.35. The first-order chi connectivity index (χ1) is 10.8. The number of anilines is 3. The van der Waals surface area contributed by atoms with Crippen LogP contribution in [0.15, 0.2) is 24.3 Å². The third-order valence-electron chi connectivity index (χ3n) is 3.36. The van der Waals surface area contributed by atoms with Gasteiger partial charge in [0, 0.05) is 22.8 Å². The fourth-order valence-electron chi connectivity index (χ4n) is 2.00. The maximum absolute atomic E-state index is 13.0. The smallest absolute Gasteiger partial charge is 0.351 e. The minimum absolute atomic E-state index is 0.0180. The Morgan fingerprint density at radius 3 is 2.52 bits per heavy atom. The van der Waals surface area contributed by atoms with Crippen LogP contribution in [0.1, 0.15) is 24.1 Å². The van der Waals surface area contributed by atoms with Crippen LogP contribution in [0.25, 0.3) is 0 Å². The normalized spacial score (nSPS) is 14.7. The van der Waals surface area contributed by atoms with Gasteiger partial charge in [-0.25, -0.2) is 4.98 Å². The van der Waals surface area contributed by atoms with Crippen molar-refractivity contribution in [1.29, 1.82) is 0 Å². The Bertz CT molecular complexity index is 729. The number of nitrogens with zero attached hydrogens (tertiary/aromatic N) is 2. The van der Waals surface area contributed by atoms with Crippen LogP contribution in [0.3, 0.4) is 0 Å². The van der Waals surface area contributed by atoms with Gasteiger partial charge in [-0.05, 0) is 43.5 Å². The minimum atomic E-state index is -4.53. The molecule has 1 aliphatic carbocycles. The van der Waals surface area contributed by atoms with Crippen molar-refractivity contribution in [2.75, 3.05) is 10.6 Å². The zero-order valence-corrected chi connectivity index (χ0v) is 13.0. The molecule has 0 unspecified atom stereocenters. The first-order valence-corrected chi connectivity index (χ1v) is 7.45. The summed E-state index contributed by atoms with van der Waals surface area (Å²) < 4.78 is 39.0. The molecule has 1 heterocycles. The van der Waals surface area contributed by atoms with Crippen LogP contribution in [0.4, 0.5) is 30.6 Å². The van der Waals surface area contributed by atoms with E-state index in [-0.39, 0.29) is 17.8 Å². The molecule has 0 radical (unpaired) electrons. The van der Waals surface area contributed by atoms with Crippen LogP contribution in [0, 0.1) is 6.92 Å². The highest BCUT2D eigenvalue weighted by Gasteiger charge is 2.34. The molecule has 8 heteroatoms. The third-order valence-corrected chi connectivity index (χ3v) is 3.78. The molecular weight excluding hydrogens is 329 g/mol. The second-order valence-electron chi connectivity index (χ2n) is 5.47. The van der Waals surface area contributed by atoms with Crippen molar-refractivity contribution < 1.29 is 13.2 Å². The Morgan fingerprint density at radius 1 is 1.17 bits per heavy atom. The zero-order chi connectivity index (χ0) is 16.6. The molecule has 2 N–H and O–H groups in total. The lowest BCUT2D eigenvalue weighted by atomic mass is 10.2. The molecule has 0 amide bonds. The molecule has 122 valence electrons. The summed E-state index contributed by atoms with van der Waals surface area (Å²) >= 11 is 5.95. The van der Waals surface area contributed by atoms with E-state index in [0.29, 0.717) is 10.7 Å². The number of halogens is 4. The number of hydrogen-bond donors (Lipinski definition) is 2. The van der Waals surface area contributed by atoms with Crippen molar-refractivity contribution in [3.8, 4) is 0 Å². The van der Waals surface area contributed by atoms with Gasteiger partial charge in [-0.1, -0.05) is 11.6 Å². The average Bonchev–Trinajstić information content (AvgIpc) is 3.26. The lowest BCUT2D eigenvalue weighted by Gasteiger charge is -2.13. The van der Waals surface area contributed by atoms with Crippen molar-refractivity contribution in [2.45, 2.75) is 32.0 Å². The molecule has 0 atom stereocenters. The molecule has 4 nitrogen and oxygen atoms in total. The predicted molar refractivity (Wildman–Crippen MR) is 83.2 cm³/mol. The van der Waals surface area contributed by atoms with Crippen molar-refractivity contribution >= 4 is 29.1 Å². The Hall–Kier alpha value is -2.02. The number of nitrogens with one attached hydrogen (secondary N) is 2. The lowest BCUT2D eigenvalue weighted by Crippen LogP contribution is -2.14. The average molecular weight is 343 g/mol. The van der Waals surface area contributed by atoms with Gasteiger partial charge >= 0.3 is 6.18 Å². The highest BCUT2D eigenvalue weighted by molar-refractivity contribution is 6.31. The van der Waals surface area contributed by atoms with E-state index < -0.39 is 11.9 Å². The molecular formula is C15H14ClF3N4. The zero-order valence-electron chi connectivity index (χ0n) is 12.2. The van der Waals surface area contributed by atoms with Gasteiger partial charge < -0.3 is 10.6 Å². The van der Waals surface area contributed by atoms with Crippen LogP contribution >= 0.6 is 11.6 Å². The molecule has 23 heavy (non-hydrogen) atoms. The molecule has 2 aromatic rings. The Labute approximate surface area is 136 Å². The molecule has 1 fully saturated rings. The fourth-order valence-corrected chi connectivity index (χ4v) is 2.12. The molecule has 1 aromatic heterocycles. The first-order valence-electron chi connectivity index (χ1n) is 7.07. The second kappa shape index (κ2) is 5.88. The lowest BCUT2D eigenvalue weighted by molar-refractivity contribution is -0.141. The number of rotatable bonds is 4. The van der Waals surface area contributed by atoms with Gasteiger partial charge in [-0.3, -0.25) is 0 Å². The summed E-state index contributed by atoms with van der Waals surface area (Å²) in [5.74, 6) is 0.0627. The number of benzene rings is 1. The Balaban J connectivity index is 1.91.